The van der Waals surface area contributed by atoms with Crippen molar-refractivity contribution in [2.45, 2.75) is 32.9 Å². The Morgan fingerprint density at radius 2 is 2.44 bits per heavy atom. The molecule has 3 heterocycles. The van der Waals surface area contributed by atoms with Crippen LogP contribution in [-0.2, 0) is 13.1 Å². The van der Waals surface area contributed by atoms with Gasteiger partial charge >= 0.3 is 0 Å². The highest BCUT2D eigenvalue weighted by Gasteiger charge is 2.21. The average Bonchev–Trinajstić information content (AvgIpc) is 2.71. The van der Waals surface area contributed by atoms with Crippen LogP contribution in [0.15, 0.2) is 12.3 Å². The second-order valence-electron chi connectivity index (χ2n) is 5.50. The lowest BCUT2D eigenvalue weighted by Gasteiger charge is -2.30. The normalized spacial score (nSPS) is 23.8. The molecule has 1 fully saturated rings. The van der Waals surface area contributed by atoms with Gasteiger partial charge in [0.15, 0.2) is 0 Å². The quantitative estimate of drug-likeness (QED) is 0.860. The maximum atomic E-state index is 11.6. The third kappa shape index (κ3) is 2.25. The Morgan fingerprint density at radius 3 is 3.28 bits per heavy atom. The molecule has 4 heteroatoms. The SMILES string of the molecule is C[C@H]1CCCN(Cc2cc3c(cn2)CNC3=O)C1. The molecular formula is C14H19N3O. The molecule has 1 saturated heterocycles. The zero-order valence-corrected chi connectivity index (χ0v) is 10.8. The van der Waals surface area contributed by atoms with E-state index in [2.05, 4.69) is 22.1 Å². The lowest BCUT2D eigenvalue weighted by Crippen LogP contribution is -2.34. The second kappa shape index (κ2) is 4.69. The van der Waals surface area contributed by atoms with Crippen LogP contribution in [-0.4, -0.2) is 28.9 Å². The number of piperidine rings is 1. The molecule has 2 aliphatic rings. The van der Waals surface area contributed by atoms with Crippen molar-refractivity contribution >= 4 is 5.91 Å². The molecule has 0 saturated carbocycles. The number of aromatic nitrogens is 1. The first-order valence-corrected chi connectivity index (χ1v) is 6.71. The second-order valence-corrected chi connectivity index (χ2v) is 5.50. The Morgan fingerprint density at radius 1 is 1.56 bits per heavy atom. The predicted molar refractivity (Wildman–Crippen MR) is 69.1 cm³/mol. The number of likely N-dealkylation sites (tertiary alicyclic amines) is 1. The van der Waals surface area contributed by atoms with Crippen molar-refractivity contribution in [3.8, 4) is 0 Å². The number of carbonyl (C=O) groups is 1. The van der Waals surface area contributed by atoms with Gasteiger partial charge in [0, 0.05) is 37.0 Å². The molecule has 1 atom stereocenters. The molecule has 96 valence electrons. The summed E-state index contributed by atoms with van der Waals surface area (Å²) >= 11 is 0. The van der Waals surface area contributed by atoms with E-state index in [4.69, 9.17) is 0 Å². The smallest absolute Gasteiger partial charge is 0.252 e. The maximum Gasteiger partial charge on any atom is 0.252 e. The van der Waals surface area contributed by atoms with Gasteiger partial charge in [-0.25, -0.2) is 0 Å². The van der Waals surface area contributed by atoms with Crippen LogP contribution in [0.3, 0.4) is 0 Å². The van der Waals surface area contributed by atoms with Crippen LogP contribution in [0, 0.1) is 5.92 Å². The van der Waals surface area contributed by atoms with Crippen molar-refractivity contribution in [1.29, 1.82) is 0 Å². The van der Waals surface area contributed by atoms with Gasteiger partial charge in [-0.15, -0.1) is 0 Å². The average molecular weight is 245 g/mol. The minimum absolute atomic E-state index is 0.0423. The number of nitrogens with one attached hydrogen (secondary N) is 1. The number of carbonyl (C=O) groups excluding carboxylic acids is 1. The third-order valence-electron chi connectivity index (χ3n) is 3.85. The Bertz CT molecular complexity index is 472. The molecule has 0 radical (unpaired) electrons. The van der Waals surface area contributed by atoms with Crippen LogP contribution in [0.1, 0.15) is 41.4 Å². The Kier molecular flexibility index (Phi) is 3.04. The molecule has 3 rings (SSSR count). The monoisotopic (exact) mass is 245 g/mol. The van der Waals surface area contributed by atoms with Crippen LogP contribution in [0.4, 0.5) is 0 Å². The number of hydrogen-bond acceptors (Lipinski definition) is 3. The first kappa shape index (κ1) is 11.7. The van der Waals surface area contributed by atoms with E-state index < -0.39 is 0 Å². The van der Waals surface area contributed by atoms with Crippen LogP contribution >= 0.6 is 0 Å². The highest BCUT2D eigenvalue weighted by atomic mass is 16.1. The molecule has 0 aromatic carbocycles. The zero-order valence-electron chi connectivity index (χ0n) is 10.8. The molecule has 18 heavy (non-hydrogen) atoms. The van der Waals surface area contributed by atoms with Gasteiger partial charge < -0.3 is 5.32 Å². The topological polar surface area (TPSA) is 45.2 Å². The van der Waals surface area contributed by atoms with Gasteiger partial charge in [0.25, 0.3) is 5.91 Å². The van der Waals surface area contributed by atoms with Gasteiger partial charge in [0.05, 0.1) is 5.69 Å². The summed E-state index contributed by atoms with van der Waals surface area (Å²) in [6, 6.07) is 1.96. The number of nitrogens with zero attached hydrogens (tertiary/aromatic N) is 2. The Labute approximate surface area is 107 Å². The van der Waals surface area contributed by atoms with Gasteiger partial charge in [-0.05, 0) is 31.4 Å². The predicted octanol–water partition coefficient (Wildman–Crippen LogP) is 1.56. The summed E-state index contributed by atoms with van der Waals surface area (Å²) in [6.07, 6.45) is 4.44. The fourth-order valence-electron chi connectivity index (χ4n) is 2.90. The summed E-state index contributed by atoms with van der Waals surface area (Å²) in [5, 5.41) is 2.83. The lowest BCUT2D eigenvalue weighted by molar-refractivity contribution is 0.0965. The summed E-state index contributed by atoms with van der Waals surface area (Å²) in [6.45, 7) is 6.09. The maximum absolute atomic E-state index is 11.6. The Balaban J connectivity index is 1.73. The van der Waals surface area contributed by atoms with Gasteiger partial charge in [0.1, 0.15) is 0 Å². The molecule has 4 nitrogen and oxygen atoms in total. The largest absolute Gasteiger partial charge is 0.348 e. The van der Waals surface area contributed by atoms with E-state index in [0.29, 0.717) is 6.54 Å². The molecular weight excluding hydrogens is 226 g/mol. The third-order valence-corrected chi connectivity index (χ3v) is 3.85. The summed E-state index contributed by atoms with van der Waals surface area (Å²) in [5.41, 5.74) is 2.85. The number of amides is 1. The van der Waals surface area contributed by atoms with Crippen molar-refractivity contribution in [3.05, 3.63) is 29.1 Å². The van der Waals surface area contributed by atoms with E-state index in [0.717, 1.165) is 42.4 Å². The van der Waals surface area contributed by atoms with Crippen molar-refractivity contribution in [2.75, 3.05) is 13.1 Å². The molecule has 1 amide bonds. The van der Waals surface area contributed by atoms with Crippen LogP contribution in [0.5, 0.6) is 0 Å². The van der Waals surface area contributed by atoms with Crippen LogP contribution in [0.2, 0.25) is 0 Å². The minimum Gasteiger partial charge on any atom is -0.348 e. The zero-order chi connectivity index (χ0) is 12.5. The summed E-state index contributed by atoms with van der Waals surface area (Å²) in [5.74, 6) is 0.817. The first-order valence-electron chi connectivity index (χ1n) is 6.71. The molecule has 2 aliphatic heterocycles. The molecule has 1 aromatic rings. The summed E-state index contributed by atoms with van der Waals surface area (Å²) in [4.78, 5) is 18.5. The standard InChI is InChI=1S/C14H19N3O/c1-10-3-2-4-17(8-10)9-12-5-13-11(6-15-12)7-16-14(13)18/h5-6,10H,2-4,7-9H2,1H3,(H,16,18)/t10-/m0/s1. The van der Waals surface area contributed by atoms with Crippen molar-refractivity contribution < 1.29 is 4.79 Å². The molecule has 0 aliphatic carbocycles. The number of pyridine rings is 1. The minimum atomic E-state index is 0.0423. The van der Waals surface area contributed by atoms with Crippen LogP contribution < -0.4 is 5.32 Å². The van der Waals surface area contributed by atoms with E-state index in [1.807, 2.05) is 12.3 Å². The van der Waals surface area contributed by atoms with Gasteiger partial charge in [-0.1, -0.05) is 6.92 Å². The summed E-state index contributed by atoms with van der Waals surface area (Å²) in [7, 11) is 0. The van der Waals surface area contributed by atoms with Gasteiger partial charge in [0.2, 0.25) is 0 Å². The van der Waals surface area contributed by atoms with Crippen molar-refractivity contribution in [2.24, 2.45) is 5.92 Å². The summed E-state index contributed by atoms with van der Waals surface area (Å²) < 4.78 is 0. The first-order chi connectivity index (χ1) is 8.72. The fraction of sp³-hybridized carbons (Fsp3) is 0.571. The number of fused-ring (bicyclic) bond motifs is 1. The highest BCUT2D eigenvalue weighted by molar-refractivity contribution is 5.98. The Hall–Kier alpha value is -1.42. The number of rotatable bonds is 2. The molecule has 0 unspecified atom stereocenters. The van der Waals surface area contributed by atoms with E-state index in [9.17, 15) is 4.79 Å². The van der Waals surface area contributed by atoms with Crippen molar-refractivity contribution in [3.63, 3.8) is 0 Å². The van der Waals surface area contributed by atoms with E-state index >= 15 is 0 Å². The van der Waals surface area contributed by atoms with Gasteiger partial charge in [-0.2, -0.15) is 0 Å². The fourth-order valence-corrected chi connectivity index (χ4v) is 2.90. The molecule has 1 aromatic heterocycles. The van der Waals surface area contributed by atoms with Crippen LogP contribution in [0.25, 0.3) is 0 Å². The highest BCUT2D eigenvalue weighted by Crippen LogP contribution is 2.19. The van der Waals surface area contributed by atoms with Crippen molar-refractivity contribution in [1.82, 2.24) is 15.2 Å². The molecule has 1 N–H and O–H groups in total. The molecule has 0 spiro atoms. The van der Waals surface area contributed by atoms with E-state index in [1.54, 1.807) is 0 Å². The van der Waals surface area contributed by atoms with E-state index in [1.165, 1.54) is 12.8 Å². The lowest BCUT2D eigenvalue weighted by atomic mass is 10.00. The molecule has 0 bridgehead atoms. The van der Waals surface area contributed by atoms with Gasteiger partial charge in [-0.3, -0.25) is 14.7 Å². The number of hydrogen-bond donors (Lipinski definition) is 1. The van der Waals surface area contributed by atoms with E-state index in [-0.39, 0.29) is 5.91 Å².